The number of fused-ring (bicyclic) bond motifs is 2. The minimum atomic E-state index is -1.80. The lowest BCUT2D eigenvalue weighted by atomic mass is 9.76. The van der Waals surface area contributed by atoms with Gasteiger partial charge in [0, 0.05) is 12.1 Å². The van der Waals surface area contributed by atoms with E-state index in [0.29, 0.717) is 25.1 Å². The number of methoxy groups -OCH3 is 1. The van der Waals surface area contributed by atoms with E-state index in [1.165, 1.54) is 7.11 Å². The highest BCUT2D eigenvalue weighted by atomic mass is 16.8. The zero-order valence-corrected chi connectivity index (χ0v) is 23.9. The van der Waals surface area contributed by atoms with Gasteiger partial charge in [0.1, 0.15) is 42.7 Å². The molecule has 1 amide bonds. The van der Waals surface area contributed by atoms with Crippen LogP contribution in [0.2, 0.25) is 0 Å². The van der Waals surface area contributed by atoms with E-state index in [1.54, 1.807) is 11.0 Å². The standard InChI is InChI=1S/C30H37NO13/c1-40-27-17(9-14-6-7-31(12-34)16-8-13-4-2-3-5-15(13)21(27)20(14)16)41-30-28(25(38)23(36)19(11-33)43-30)44-29-26(39)24(37)22(35)18(10-32)42-29/h2-5,9,12,16,18-19,22-26,28-30,32-33,35-39H,6-8,10-11H2,1H3/t16-,18-,19-,22-,23-,24+,25+,26-,28-,29+,30-/m1/s1. The summed E-state index contributed by atoms with van der Waals surface area (Å²) in [6.07, 6.45) is -13.9. The molecule has 6 rings (SSSR count). The molecular weight excluding hydrogens is 582 g/mol. The molecule has 7 N–H and O–H groups in total. The van der Waals surface area contributed by atoms with E-state index in [1.807, 2.05) is 24.3 Å². The zero-order valence-electron chi connectivity index (χ0n) is 23.9. The van der Waals surface area contributed by atoms with Crippen molar-refractivity contribution >= 4 is 6.41 Å². The Hall–Kier alpha value is -2.89. The van der Waals surface area contributed by atoms with Crippen molar-refractivity contribution in [2.75, 3.05) is 26.9 Å². The number of benzene rings is 2. The number of hydrogen-bond donors (Lipinski definition) is 7. The van der Waals surface area contributed by atoms with Gasteiger partial charge in [-0.3, -0.25) is 4.79 Å². The van der Waals surface area contributed by atoms with Crippen molar-refractivity contribution in [1.82, 2.24) is 4.90 Å². The molecule has 2 saturated heterocycles. The minimum absolute atomic E-state index is 0.198. The van der Waals surface area contributed by atoms with Crippen molar-refractivity contribution in [2.24, 2.45) is 0 Å². The fourth-order valence-electron chi connectivity index (χ4n) is 6.68. The first-order chi connectivity index (χ1) is 21.2. The first kappa shape index (κ1) is 31.1. The van der Waals surface area contributed by atoms with E-state index in [9.17, 15) is 40.5 Å². The summed E-state index contributed by atoms with van der Waals surface area (Å²) in [7, 11) is 1.47. The second-order valence-electron chi connectivity index (χ2n) is 11.4. The number of amides is 1. The van der Waals surface area contributed by atoms with Crippen LogP contribution >= 0.6 is 0 Å². The third-order valence-electron chi connectivity index (χ3n) is 8.99. The summed E-state index contributed by atoms with van der Waals surface area (Å²) >= 11 is 0. The number of nitrogens with zero attached hydrogens (tertiary/aromatic N) is 1. The summed E-state index contributed by atoms with van der Waals surface area (Å²) in [5, 5.41) is 72.2. The minimum Gasteiger partial charge on any atom is -0.492 e. The summed E-state index contributed by atoms with van der Waals surface area (Å²) in [6, 6.07) is 9.31. The first-order valence-corrected chi connectivity index (χ1v) is 14.5. The summed E-state index contributed by atoms with van der Waals surface area (Å²) < 4.78 is 29.4. The fourth-order valence-corrected chi connectivity index (χ4v) is 6.68. The Bertz CT molecular complexity index is 1360. The average molecular weight is 620 g/mol. The van der Waals surface area contributed by atoms with E-state index < -0.39 is 74.6 Å². The van der Waals surface area contributed by atoms with Gasteiger partial charge < -0.3 is 64.3 Å². The van der Waals surface area contributed by atoms with Crippen LogP contribution in [0.4, 0.5) is 0 Å². The molecule has 2 aromatic carbocycles. The van der Waals surface area contributed by atoms with Crippen LogP contribution in [0, 0.1) is 0 Å². The molecule has 240 valence electrons. The number of carbonyl (C=O) groups is 1. The lowest BCUT2D eigenvalue weighted by Crippen LogP contribution is -2.65. The van der Waals surface area contributed by atoms with Gasteiger partial charge >= 0.3 is 0 Å². The van der Waals surface area contributed by atoms with E-state index in [4.69, 9.17) is 23.7 Å². The molecular formula is C30H37NO13. The summed E-state index contributed by atoms with van der Waals surface area (Å²) in [5.41, 5.74) is 4.50. The number of aliphatic hydroxyl groups excluding tert-OH is 7. The maximum absolute atomic E-state index is 12.0. The second kappa shape index (κ2) is 12.5. The summed E-state index contributed by atoms with van der Waals surface area (Å²) in [6.45, 7) is -0.897. The molecule has 1 aliphatic carbocycles. The van der Waals surface area contributed by atoms with Gasteiger partial charge in [-0.1, -0.05) is 24.3 Å². The van der Waals surface area contributed by atoms with Gasteiger partial charge in [-0.05, 0) is 41.2 Å². The van der Waals surface area contributed by atoms with Crippen LogP contribution in [0.25, 0.3) is 11.1 Å². The molecule has 3 aliphatic heterocycles. The molecule has 0 bridgehead atoms. The molecule has 4 aliphatic rings. The predicted molar refractivity (Wildman–Crippen MR) is 148 cm³/mol. The van der Waals surface area contributed by atoms with E-state index in [-0.39, 0.29) is 11.8 Å². The molecule has 0 saturated carbocycles. The van der Waals surface area contributed by atoms with Gasteiger partial charge in [0.25, 0.3) is 0 Å². The van der Waals surface area contributed by atoms with Crippen molar-refractivity contribution in [3.05, 3.63) is 47.0 Å². The van der Waals surface area contributed by atoms with Crippen molar-refractivity contribution in [2.45, 2.75) is 80.3 Å². The molecule has 0 aromatic heterocycles. The molecule has 44 heavy (non-hydrogen) atoms. The van der Waals surface area contributed by atoms with E-state index in [0.717, 1.165) is 34.2 Å². The Morgan fingerprint density at radius 2 is 1.59 bits per heavy atom. The topological polar surface area (TPSA) is 208 Å². The lowest BCUT2D eigenvalue weighted by Gasteiger charge is -2.46. The SMILES string of the molecule is COc1c(O[C@@H]2O[C@H](CO)[C@@H](O)[C@H](O)[C@H]2O[C@@H]2O[C@H](CO)[C@@H](O)[C@H](O)[C@H]2O)cc2c3c1-c1ccccc1C[C@H]3N(C=O)CC2. The van der Waals surface area contributed by atoms with Crippen LogP contribution in [0.1, 0.15) is 22.7 Å². The van der Waals surface area contributed by atoms with Crippen molar-refractivity contribution in [3.63, 3.8) is 0 Å². The smallest absolute Gasteiger partial charge is 0.229 e. The van der Waals surface area contributed by atoms with Crippen LogP contribution in [0.5, 0.6) is 11.5 Å². The molecule has 2 aromatic rings. The lowest BCUT2D eigenvalue weighted by molar-refractivity contribution is -0.357. The highest BCUT2D eigenvalue weighted by Crippen LogP contribution is 2.52. The highest BCUT2D eigenvalue weighted by molar-refractivity contribution is 5.84. The molecule has 14 nitrogen and oxygen atoms in total. The largest absolute Gasteiger partial charge is 0.492 e. The number of rotatable bonds is 8. The molecule has 0 radical (unpaired) electrons. The third-order valence-corrected chi connectivity index (χ3v) is 8.99. The second-order valence-corrected chi connectivity index (χ2v) is 11.4. The predicted octanol–water partition coefficient (Wildman–Crippen LogP) is -2.02. The third kappa shape index (κ3) is 5.14. The van der Waals surface area contributed by atoms with Gasteiger partial charge in [-0.25, -0.2) is 0 Å². The van der Waals surface area contributed by atoms with Crippen LogP contribution < -0.4 is 9.47 Å². The fraction of sp³-hybridized carbons (Fsp3) is 0.567. The number of hydrogen-bond acceptors (Lipinski definition) is 13. The van der Waals surface area contributed by atoms with Gasteiger partial charge in [-0.2, -0.15) is 0 Å². The Labute approximate surface area is 252 Å². The van der Waals surface area contributed by atoms with Crippen LogP contribution in [-0.2, 0) is 31.8 Å². The Morgan fingerprint density at radius 3 is 2.27 bits per heavy atom. The summed E-state index contributed by atoms with van der Waals surface area (Å²) in [4.78, 5) is 13.8. The maximum atomic E-state index is 12.0. The van der Waals surface area contributed by atoms with E-state index in [2.05, 4.69) is 0 Å². The van der Waals surface area contributed by atoms with Crippen LogP contribution in [0.15, 0.2) is 30.3 Å². The van der Waals surface area contributed by atoms with Gasteiger partial charge in [0.2, 0.25) is 12.7 Å². The number of ether oxygens (including phenoxy) is 5. The maximum Gasteiger partial charge on any atom is 0.229 e. The number of aliphatic hydroxyl groups is 7. The van der Waals surface area contributed by atoms with Crippen molar-refractivity contribution in [1.29, 1.82) is 0 Å². The highest BCUT2D eigenvalue weighted by Gasteiger charge is 2.51. The first-order valence-electron chi connectivity index (χ1n) is 14.5. The van der Waals surface area contributed by atoms with Gasteiger partial charge in [-0.15, -0.1) is 0 Å². The van der Waals surface area contributed by atoms with Crippen LogP contribution in [-0.4, -0.2) is 135 Å². The molecule has 0 unspecified atom stereocenters. The normalized spacial score (nSPS) is 36.3. The van der Waals surface area contributed by atoms with Gasteiger partial charge in [0.15, 0.2) is 23.9 Å². The Balaban J connectivity index is 1.40. The molecule has 14 heteroatoms. The zero-order chi connectivity index (χ0) is 31.3. The monoisotopic (exact) mass is 619 g/mol. The van der Waals surface area contributed by atoms with Crippen molar-refractivity contribution in [3.8, 4) is 22.6 Å². The van der Waals surface area contributed by atoms with Gasteiger partial charge in [0.05, 0.1) is 26.4 Å². The molecule has 2 fully saturated rings. The quantitative estimate of drug-likeness (QED) is 0.159. The van der Waals surface area contributed by atoms with Crippen molar-refractivity contribution < 1.29 is 64.2 Å². The average Bonchev–Trinajstić information content (AvgIpc) is 3.04. The number of carbonyl (C=O) groups excluding carboxylic acids is 1. The van der Waals surface area contributed by atoms with E-state index >= 15 is 0 Å². The summed E-state index contributed by atoms with van der Waals surface area (Å²) in [5.74, 6) is 0.522. The van der Waals surface area contributed by atoms with Crippen LogP contribution in [0.3, 0.4) is 0 Å². The Kier molecular flexibility index (Phi) is 8.82. The molecule has 3 heterocycles. The molecule has 11 atom stereocenters. The molecule has 0 spiro atoms. The Morgan fingerprint density at radius 1 is 0.909 bits per heavy atom.